The average Bonchev–Trinajstić information content (AvgIpc) is 2.43. The molecule has 0 saturated carbocycles. The smallest absolute Gasteiger partial charge is 0.333 e. The van der Waals surface area contributed by atoms with E-state index in [1.165, 1.54) is 13.0 Å². The molecule has 2 N–H and O–H groups in total. The van der Waals surface area contributed by atoms with Crippen molar-refractivity contribution in [3.63, 3.8) is 0 Å². The van der Waals surface area contributed by atoms with Crippen LogP contribution < -0.4 is 0 Å². The number of hydrogen-bond donors (Lipinski definition) is 2. The number of aliphatic carboxylic acids is 2. The molecule has 6 heteroatoms. The van der Waals surface area contributed by atoms with Crippen LogP contribution in [0.3, 0.4) is 0 Å². The summed E-state index contributed by atoms with van der Waals surface area (Å²) in [5.74, 6) is -4.35. The first-order valence-corrected chi connectivity index (χ1v) is 6.77. The highest BCUT2D eigenvalue weighted by atomic mass is 16.5. The monoisotopic (exact) mass is 296 g/mol. The van der Waals surface area contributed by atoms with Gasteiger partial charge >= 0.3 is 17.9 Å². The van der Waals surface area contributed by atoms with Gasteiger partial charge in [0.05, 0.1) is 5.92 Å². The molecule has 1 aliphatic carbocycles. The third kappa shape index (κ3) is 3.15. The van der Waals surface area contributed by atoms with Gasteiger partial charge in [0.15, 0.2) is 0 Å². The fraction of sp³-hybridized carbons (Fsp3) is 0.533. The Morgan fingerprint density at radius 3 is 2.48 bits per heavy atom. The van der Waals surface area contributed by atoms with Crippen molar-refractivity contribution >= 4 is 17.9 Å². The van der Waals surface area contributed by atoms with E-state index in [9.17, 15) is 24.6 Å². The second kappa shape index (κ2) is 6.56. The number of rotatable bonds is 6. The van der Waals surface area contributed by atoms with Crippen LogP contribution in [0.15, 0.2) is 24.3 Å². The van der Waals surface area contributed by atoms with Crippen molar-refractivity contribution in [2.45, 2.75) is 39.2 Å². The summed E-state index contributed by atoms with van der Waals surface area (Å²) in [5, 5.41) is 19.0. The first-order valence-electron chi connectivity index (χ1n) is 6.77. The first kappa shape index (κ1) is 16.9. The molecular formula is C15H20O6. The van der Waals surface area contributed by atoms with Crippen molar-refractivity contribution < 1.29 is 29.3 Å². The third-order valence-electron chi connectivity index (χ3n) is 3.76. The van der Waals surface area contributed by atoms with Crippen molar-refractivity contribution in [1.82, 2.24) is 0 Å². The highest BCUT2D eigenvalue weighted by Crippen LogP contribution is 2.43. The number of carboxylic acids is 2. The fourth-order valence-corrected chi connectivity index (χ4v) is 2.66. The molecule has 1 rings (SSSR count). The van der Waals surface area contributed by atoms with E-state index in [4.69, 9.17) is 4.74 Å². The summed E-state index contributed by atoms with van der Waals surface area (Å²) in [6.07, 6.45) is 2.80. The molecule has 0 amide bonds. The zero-order valence-electron chi connectivity index (χ0n) is 12.2. The number of hydrogen-bond acceptors (Lipinski definition) is 4. The molecule has 0 saturated heterocycles. The lowest BCUT2D eigenvalue weighted by Gasteiger charge is -2.39. The maximum Gasteiger partial charge on any atom is 0.333 e. The van der Waals surface area contributed by atoms with Crippen LogP contribution in [0.2, 0.25) is 0 Å². The number of allylic oxidation sites excluding steroid dienone is 1. The highest BCUT2D eigenvalue weighted by Gasteiger charge is 2.55. The molecule has 0 aromatic rings. The molecule has 1 aliphatic rings. The zero-order valence-corrected chi connectivity index (χ0v) is 12.2. The molecular weight excluding hydrogens is 276 g/mol. The summed E-state index contributed by atoms with van der Waals surface area (Å²) in [6, 6.07) is 0. The molecule has 3 atom stereocenters. The van der Waals surface area contributed by atoms with E-state index in [0.717, 1.165) is 0 Å². The molecule has 3 unspecified atom stereocenters. The van der Waals surface area contributed by atoms with E-state index in [1.54, 1.807) is 13.0 Å². The minimum atomic E-state index is -1.75. The van der Waals surface area contributed by atoms with Crippen molar-refractivity contribution in [3.05, 3.63) is 24.3 Å². The van der Waals surface area contributed by atoms with Crippen LogP contribution in [0.25, 0.3) is 0 Å². The van der Waals surface area contributed by atoms with Crippen molar-refractivity contribution in [1.29, 1.82) is 0 Å². The number of esters is 1. The quantitative estimate of drug-likeness (QED) is 0.441. The number of carbonyl (C=O) groups is 3. The summed E-state index contributed by atoms with van der Waals surface area (Å²) in [5.41, 5.74) is -1.61. The van der Waals surface area contributed by atoms with Gasteiger partial charge in [-0.2, -0.15) is 0 Å². The van der Waals surface area contributed by atoms with Crippen molar-refractivity contribution in [2.75, 3.05) is 0 Å². The predicted octanol–water partition coefficient (Wildman–Crippen LogP) is 2.01. The summed E-state index contributed by atoms with van der Waals surface area (Å²) >= 11 is 0. The van der Waals surface area contributed by atoms with Gasteiger partial charge in [-0.15, -0.1) is 0 Å². The van der Waals surface area contributed by atoms with Gasteiger partial charge in [-0.25, -0.2) is 4.79 Å². The zero-order chi connectivity index (χ0) is 16.2. The van der Waals surface area contributed by atoms with Gasteiger partial charge < -0.3 is 14.9 Å². The largest absolute Gasteiger partial charge is 0.481 e. The number of carboxylic acid groups (broad SMARTS) is 2. The average molecular weight is 296 g/mol. The van der Waals surface area contributed by atoms with Gasteiger partial charge in [-0.05, 0) is 26.2 Å². The molecule has 0 aromatic heterocycles. The van der Waals surface area contributed by atoms with E-state index < -0.39 is 35.3 Å². The lowest BCUT2D eigenvalue weighted by atomic mass is 9.65. The van der Waals surface area contributed by atoms with Crippen LogP contribution in [-0.4, -0.2) is 34.2 Å². The topological polar surface area (TPSA) is 101 Å². The molecule has 116 valence electrons. The Morgan fingerprint density at radius 2 is 2.05 bits per heavy atom. The maximum atomic E-state index is 11.8. The van der Waals surface area contributed by atoms with Crippen LogP contribution >= 0.6 is 0 Å². The van der Waals surface area contributed by atoms with Gasteiger partial charge in [0.2, 0.25) is 0 Å². The first-order chi connectivity index (χ1) is 9.77. The Morgan fingerprint density at radius 1 is 1.43 bits per heavy atom. The standard InChI is InChI=1S/C15H20O6/c1-4-11(21-13(18)9(2)3)15(14(19)20)8-6-5-7-10(15)12(16)17/h6,8,10-11H,2,4-5,7H2,1,3H3,(H,16,17)(H,19,20). The SMILES string of the molecule is C=C(C)C(=O)OC(CC)C1(C(=O)O)C=CCCC1C(=O)O. The second-order valence-corrected chi connectivity index (χ2v) is 5.19. The minimum absolute atomic E-state index is 0.139. The summed E-state index contributed by atoms with van der Waals surface area (Å²) in [7, 11) is 0. The van der Waals surface area contributed by atoms with Crippen molar-refractivity contribution in [3.8, 4) is 0 Å². The Kier molecular flexibility index (Phi) is 5.29. The lowest BCUT2D eigenvalue weighted by Crippen LogP contribution is -2.52. The molecule has 0 radical (unpaired) electrons. The summed E-state index contributed by atoms with van der Waals surface area (Å²) in [4.78, 5) is 35.0. The Hall–Kier alpha value is -2.11. The molecule has 0 fully saturated rings. The predicted molar refractivity (Wildman–Crippen MR) is 74.6 cm³/mol. The van der Waals surface area contributed by atoms with E-state index >= 15 is 0 Å². The van der Waals surface area contributed by atoms with Gasteiger partial charge in [-0.1, -0.05) is 25.7 Å². The van der Waals surface area contributed by atoms with Crippen molar-refractivity contribution in [2.24, 2.45) is 11.3 Å². The lowest BCUT2D eigenvalue weighted by molar-refractivity contribution is -0.175. The molecule has 0 bridgehead atoms. The van der Waals surface area contributed by atoms with Gasteiger partial charge in [-0.3, -0.25) is 9.59 Å². The molecule has 6 nitrogen and oxygen atoms in total. The summed E-state index contributed by atoms with van der Waals surface area (Å²) < 4.78 is 5.21. The summed E-state index contributed by atoms with van der Waals surface area (Å²) in [6.45, 7) is 6.56. The third-order valence-corrected chi connectivity index (χ3v) is 3.76. The minimum Gasteiger partial charge on any atom is -0.481 e. The Bertz CT molecular complexity index is 492. The van der Waals surface area contributed by atoms with Crippen LogP contribution in [0.4, 0.5) is 0 Å². The fourth-order valence-electron chi connectivity index (χ4n) is 2.66. The highest BCUT2D eigenvalue weighted by molar-refractivity contribution is 5.89. The Balaban J connectivity index is 3.29. The molecule has 0 aliphatic heterocycles. The molecule has 0 heterocycles. The van der Waals surface area contributed by atoms with Gasteiger partial charge in [0, 0.05) is 5.57 Å². The normalized spacial score (nSPS) is 25.9. The van der Waals surface area contributed by atoms with E-state index in [1.807, 2.05) is 0 Å². The molecule has 0 spiro atoms. The van der Waals surface area contributed by atoms with Gasteiger partial charge in [0.25, 0.3) is 0 Å². The second-order valence-electron chi connectivity index (χ2n) is 5.19. The number of ether oxygens (including phenoxy) is 1. The van der Waals surface area contributed by atoms with E-state index in [2.05, 4.69) is 6.58 Å². The maximum absolute atomic E-state index is 11.8. The molecule has 0 aromatic carbocycles. The van der Waals surface area contributed by atoms with Gasteiger partial charge in [0.1, 0.15) is 11.5 Å². The Labute approximate surface area is 123 Å². The van der Waals surface area contributed by atoms with E-state index in [0.29, 0.717) is 6.42 Å². The molecule has 21 heavy (non-hydrogen) atoms. The number of carbonyl (C=O) groups excluding carboxylic acids is 1. The van der Waals surface area contributed by atoms with Crippen LogP contribution in [-0.2, 0) is 19.1 Å². The van der Waals surface area contributed by atoms with Crippen LogP contribution in [0.5, 0.6) is 0 Å². The van der Waals surface area contributed by atoms with Crippen LogP contribution in [0.1, 0.15) is 33.1 Å². The van der Waals surface area contributed by atoms with Crippen LogP contribution in [0, 0.1) is 11.3 Å². The van der Waals surface area contributed by atoms with E-state index in [-0.39, 0.29) is 18.4 Å².